The third-order valence-electron chi connectivity index (χ3n) is 3.44. The Hall–Kier alpha value is -1.90. The van der Waals surface area contributed by atoms with E-state index in [1.54, 1.807) is 6.07 Å². The lowest BCUT2D eigenvalue weighted by Gasteiger charge is -2.19. The van der Waals surface area contributed by atoms with Crippen LogP contribution in [0.4, 0.5) is 0 Å². The molecule has 0 unspecified atom stereocenters. The van der Waals surface area contributed by atoms with Crippen molar-refractivity contribution in [2.24, 2.45) is 5.92 Å². The Morgan fingerprint density at radius 2 is 1.77 bits per heavy atom. The molecule has 0 radical (unpaired) electrons. The summed E-state index contributed by atoms with van der Waals surface area (Å²) in [4.78, 5) is 11.8. The third kappa shape index (κ3) is 9.55. The summed E-state index contributed by atoms with van der Waals surface area (Å²) in [6.07, 6.45) is 1.07. The molecule has 0 aromatic heterocycles. The third-order valence-corrected chi connectivity index (χ3v) is 3.44. The maximum Gasteiger partial charge on any atom is 0.310 e. The molecule has 1 aliphatic heterocycles. The summed E-state index contributed by atoms with van der Waals surface area (Å²) in [6, 6.07) is 7.85. The molecule has 1 saturated heterocycles. The van der Waals surface area contributed by atoms with Crippen molar-refractivity contribution in [2.75, 3.05) is 26.4 Å². The number of rotatable bonds is 4. The van der Waals surface area contributed by atoms with Crippen molar-refractivity contribution in [2.45, 2.75) is 53.1 Å². The molecule has 0 bridgehead atoms. The van der Waals surface area contributed by atoms with Crippen molar-refractivity contribution >= 4 is 5.97 Å². The molecule has 0 atom stereocenters. The van der Waals surface area contributed by atoms with Crippen LogP contribution in [0.25, 0.3) is 0 Å². The smallest absolute Gasteiger partial charge is 0.310 e. The molecule has 0 spiro atoms. The number of nitrogens with zero attached hydrogens (tertiary/aromatic N) is 1. The van der Waals surface area contributed by atoms with Crippen LogP contribution in [0.3, 0.4) is 0 Å². The minimum atomic E-state index is -0.479. The van der Waals surface area contributed by atoms with E-state index in [0.717, 1.165) is 44.0 Å². The summed E-state index contributed by atoms with van der Waals surface area (Å²) in [7, 11) is 0. The number of hydrogen-bond acceptors (Lipinski definition) is 5. The van der Waals surface area contributed by atoms with Gasteiger partial charge in [-0.3, -0.25) is 4.79 Å². The Morgan fingerprint density at radius 1 is 1.19 bits per heavy atom. The van der Waals surface area contributed by atoms with Gasteiger partial charge in [-0.25, -0.2) is 0 Å². The van der Waals surface area contributed by atoms with Crippen LogP contribution in [0, 0.1) is 17.2 Å². The number of esters is 1. The summed E-state index contributed by atoms with van der Waals surface area (Å²) in [6.45, 7) is 12.9. The maximum absolute atomic E-state index is 11.8. The molecule has 0 amide bonds. The molecular formula is C21H31NO4. The van der Waals surface area contributed by atoms with Crippen molar-refractivity contribution in [1.29, 1.82) is 5.26 Å². The second kappa shape index (κ2) is 10.9. The predicted molar refractivity (Wildman–Crippen MR) is 101 cm³/mol. The SMILES string of the molecule is C1COCCO1.CC(C)Cc1ccc(CC(=O)OC(C)(C)C)cc1C#N. The fraction of sp³-hybridized carbons (Fsp3) is 0.619. The van der Waals surface area contributed by atoms with E-state index in [9.17, 15) is 10.1 Å². The molecule has 144 valence electrons. The van der Waals surface area contributed by atoms with Gasteiger partial charge in [0.1, 0.15) is 5.60 Å². The van der Waals surface area contributed by atoms with E-state index >= 15 is 0 Å². The summed E-state index contributed by atoms with van der Waals surface area (Å²) < 4.78 is 15.2. The highest BCUT2D eigenvalue weighted by molar-refractivity contribution is 5.73. The summed E-state index contributed by atoms with van der Waals surface area (Å²) >= 11 is 0. The molecule has 5 nitrogen and oxygen atoms in total. The van der Waals surface area contributed by atoms with Crippen LogP contribution >= 0.6 is 0 Å². The summed E-state index contributed by atoms with van der Waals surface area (Å²) in [5.41, 5.74) is 2.03. The van der Waals surface area contributed by atoms with Crippen LogP contribution < -0.4 is 0 Å². The second-order valence-corrected chi connectivity index (χ2v) is 7.69. The van der Waals surface area contributed by atoms with Crippen LogP contribution in [0.2, 0.25) is 0 Å². The highest BCUT2D eigenvalue weighted by atomic mass is 16.6. The lowest BCUT2D eigenvalue weighted by molar-refractivity contribution is -0.153. The van der Waals surface area contributed by atoms with E-state index < -0.39 is 5.60 Å². The van der Waals surface area contributed by atoms with Crippen molar-refractivity contribution in [1.82, 2.24) is 0 Å². The van der Waals surface area contributed by atoms with Gasteiger partial charge in [0.2, 0.25) is 0 Å². The van der Waals surface area contributed by atoms with Crippen molar-refractivity contribution < 1.29 is 19.0 Å². The number of benzene rings is 1. The van der Waals surface area contributed by atoms with Crippen molar-refractivity contribution in [3.05, 3.63) is 34.9 Å². The topological polar surface area (TPSA) is 68.6 Å². The molecule has 1 aromatic rings. The van der Waals surface area contributed by atoms with Gasteiger partial charge in [0.25, 0.3) is 0 Å². The monoisotopic (exact) mass is 361 g/mol. The fourth-order valence-corrected chi connectivity index (χ4v) is 2.44. The quantitative estimate of drug-likeness (QED) is 0.765. The molecule has 5 heteroatoms. The zero-order chi connectivity index (χ0) is 19.6. The zero-order valence-corrected chi connectivity index (χ0v) is 16.6. The van der Waals surface area contributed by atoms with Crippen LogP contribution in [0.5, 0.6) is 0 Å². The van der Waals surface area contributed by atoms with Gasteiger partial charge in [-0.15, -0.1) is 0 Å². The average molecular weight is 361 g/mol. The minimum Gasteiger partial charge on any atom is -0.460 e. The molecule has 0 saturated carbocycles. The molecule has 1 heterocycles. The van der Waals surface area contributed by atoms with Gasteiger partial charge in [-0.1, -0.05) is 26.0 Å². The Morgan fingerprint density at radius 3 is 2.19 bits per heavy atom. The maximum atomic E-state index is 11.8. The Labute approximate surface area is 157 Å². The number of carbonyl (C=O) groups excluding carboxylic acids is 1. The Kier molecular flexibility index (Phi) is 9.32. The molecule has 1 aromatic carbocycles. The van der Waals surface area contributed by atoms with Gasteiger partial charge in [-0.2, -0.15) is 5.26 Å². The highest BCUT2D eigenvalue weighted by Gasteiger charge is 2.17. The normalized spacial score (nSPS) is 14.2. The lowest BCUT2D eigenvalue weighted by atomic mass is 9.96. The predicted octanol–water partition coefficient (Wildman–Crippen LogP) is 3.67. The molecule has 0 aliphatic carbocycles. The first-order valence-electron chi connectivity index (χ1n) is 9.10. The lowest BCUT2D eigenvalue weighted by Crippen LogP contribution is -2.24. The van der Waals surface area contributed by atoms with Gasteiger partial charge in [0, 0.05) is 0 Å². The molecule has 2 rings (SSSR count). The van der Waals surface area contributed by atoms with Gasteiger partial charge in [0.05, 0.1) is 44.5 Å². The van der Waals surface area contributed by atoms with E-state index in [4.69, 9.17) is 14.2 Å². The standard InChI is InChI=1S/C17H23NO2.C4H8O2/c1-12(2)8-14-7-6-13(9-15(14)11-18)10-16(19)20-17(3,4)5;1-2-6-4-3-5-1/h6-7,9,12H,8,10H2,1-5H3;1-4H2. The van der Waals surface area contributed by atoms with Crippen LogP contribution in [0.15, 0.2) is 18.2 Å². The van der Waals surface area contributed by atoms with Crippen LogP contribution in [-0.4, -0.2) is 38.0 Å². The van der Waals surface area contributed by atoms with Crippen molar-refractivity contribution in [3.63, 3.8) is 0 Å². The van der Waals surface area contributed by atoms with E-state index in [1.807, 2.05) is 32.9 Å². The van der Waals surface area contributed by atoms with E-state index in [2.05, 4.69) is 19.9 Å². The first kappa shape index (κ1) is 22.1. The molecule has 26 heavy (non-hydrogen) atoms. The highest BCUT2D eigenvalue weighted by Crippen LogP contribution is 2.17. The minimum absolute atomic E-state index is 0.202. The summed E-state index contributed by atoms with van der Waals surface area (Å²) in [5, 5.41) is 9.21. The van der Waals surface area contributed by atoms with E-state index in [1.165, 1.54) is 0 Å². The number of nitriles is 1. The van der Waals surface area contributed by atoms with Crippen molar-refractivity contribution in [3.8, 4) is 6.07 Å². The molecule has 1 fully saturated rings. The first-order chi connectivity index (χ1) is 12.2. The average Bonchev–Trinajstić information content (AvgIpc) is 2.56. The van der Waals surface area contributed by atoms with E-state index in [0.29, 0.717) is 11.5 Å². The zero-order valence-electron chi connectivity index (χ0n) is 16.6. The number of ether oxygens (including phenoxy) is 3. The fourth-order valence-electron chi connectivity index (χ4n) is 2.44. The van der Waals surface area contributed by atoms with Gasteiger partial charge in [-0.05, 0) is 50.3 Å². The summed E-state index contributed by atoms with van der Waals surface area (Å²) in [5.74, 6) is 0.233. The first-order valence-corrected chi connectivity index (χ1v) is 9.10. The molecule has 1 aliphatic rings. The van der Waals surface area contributed by atoms with Gasteiger partial charge >= 0.3 is 5.97 Å². The van der Waals surface area contributed by atoms with Gasteiger partial charge < -0.3 is 14.2 Å². The number of hydrogen-bond donors (Lipinski definition) is 0. The molecule has 0 N–H and O–H groups in total. The Bertz CT molecular complexity index is 596. The number of carbonyl (C=O) groups is 1. The van der Waals surface area contributed by atoms with Gasteiger partial charge in [0.15, 0.2) is 0 Å². The van der Waals surface area contributed by atoms with Crippen LogP contribution in [0.1, 0.15) is 51.3 Å². The molecular weight excluding hydrogens is 330 g/mol. The second-order valence-electron chi connectivity index (χ2n) is 7.69. The Balaban J connectivity index is 0.000000472. The van der Waals surface area contributed by atoms with Crippen LogP contribution in [-0.2, 0) is 31.8 Å². The van der Waals surface area contributed by atoms with E-state index in [-0.39, 0.29) is 12.4 Å². The largest absolute Gasteiger partial charge is 0.460 e.